The van der Waals surface area contributed by atoms with Gasteiger partial charge in [-0.15, -0.1) is 0 Å². The average molecular weight is 264 g/mol. The lowest BCUT2D eigenvalue weighted by atomic mass is 10.2. The molecule has 1 N–H and O–H groups in total. The fraction of sp³-hybridized carbons (Fsp3) is 0.571. The molecule has 1 heterocycles. The van der Waals surface area contributed by atoms with Crippen LogP contribution in [-0.2, 0) is 0 Å². The van der Waals surface area contributed by atoms with Crippen molar-refractivity contribution in [2.75, 3.05) is 46.1 Å². The molecule has 0 saturated carbocycles. The van der Waals surface area contributed by atoms with Crippen molar-refractivity contribution in [3.05, 3.63) is 23.9 Å². The lowest BCUT2D eigenvalue weighted by Crippen LogP contribution is -2.34. The van der Waals surface area contributed by atoms with Crippen LogP contribution < -0.4 is 5.32 Å². The number of anilines is 1. The summed E-state index contributed by atoms with van der Waals surface area (Å²) in [6, 6.07) is 3.61. The van der Waals surface area contributed by atoms with Crippen LogP contribution in [0.3, 0.4) is 0 Å². The highest BCUT2D eigenvalue weighted by atomic mass is 16.2. The fourth-order valence-electron chi connectivity index (χ4n) is 1.62. The lowest BCUT2D eigenvalue weighted by molar-refractivity contribution is 0.0787. The molecule has 0 aliphatic carbocycles. The van der Waals surface area contributed by atoms with E-state index in [-0.39, 0.29) is 5.91 Å². The molecule has 0 bridgehead atoms. The minimum absolute atomic E-state index is 0.00792. The third-order valence-corrected chi connectivity index (χ3v) is 2.81. The molecule has 106 valence electrons. The number of pyridine rings is 1. The summed E-state index contributed by atoms with van der Waals surface area (Å²) in [6.45, 7) is 4.45. The quantitative estimate of drug-likeness (QED) is 0.811. The van der Waals surface area contributed by atoms with Crippen LogP contribution in [0.25, 0.3) is 0 Å². The molecule has 5 nitrogen and oxygen atoms in total. The smallest absolute Gasteiger partial charge is 0.257 e. The molecule has 0 atom stereocenters. The summed E-state index contributed by atoms with van der Waals surface area (Å²) in [5.74, 6) is 0.680. The fourth-order valence-corrected chi connectivity index (χ4v) is 1.62. The molecule has 0 radical (unpaired) electrons. The maximum atomic E-state index is 12.4. The lowest BCUT2D eigenvalue weighted by Gasteiger charge is -2.20. The van der Waals surface area contributed by atoms with Crippen molar-refractivity contribution in [3.8, 4) is 0 Å². The van der Waals surface area contributed by atoms with Crippen LogP contribution in [0.4, 0.5) is 5.82 Å². The number of aromatic nitrogens is 1. The normalized spacial score (nSPS) is 10.6. The molecule has 0 saturated heterocycles. The molecule has 5 heteroatoms. The molecular formula is C14H24N4O. The molecule has 1 aromatic heterocycles. The summed E-state index contributed by atoms with van der Waals surface area (Å²) in [6.07, 6.45) is 2.70. The van der Waals surface area contributed by atoms with Gasteiger partial charge >= 0.3 is 0 Å². The summed E-state index contributed by atoms with van der Waals surface area (Å²) in [7, 11) is 5.82. The molecule has 0 unspecified atom stereocenters. The van der Waals surface area contributed by atoms with Crippen molar-refractivity contribution >= 4 is 11.7 Å². The second-order valence-corrected chi connectivity index (χ2v) is 4.86. The summed E-state index contributed by atoms with van der Waals surface area (Å²) in [4.78, 5) is 20.4. The van der Waals surface area contributed by atoms with E-state index in [1.54, 1.807) is 17.2 Å². The summed E-state index contributed by atoms with van der Waals surface area (Å²) >= 11 is 0. The molecule has 1 aromatic rings. The molecule has 19 heavy (non-hydrogen) atoms. The van der Waals surface area contributed by atoms with Crippen molar-refractivity contribution in [2.24, 2.45) is 0 Å². The first-order chi connectivity index (χ1) is 9.06. The first kappa shape index (κ1) is 15.4. The van der Waals surface area contributed by atoms with Gasteiger partial charge in [0, 0.05) is 32.9 Å². The first-order valence-corrected chi connectivity index (χ1v) is 6.65. The standard InChI is InChI=1S/C14H24N4O/c1-5-8-15-13-12(7-6-9-16-13)14(19)18(4)11-10-17(2)3/h6-7,9H,5,8,10-11H2,1-4H3,(H,15,16). The molecule has 1 amide bonds. The van der Waals surface area contributed by atoms with Crippen LogP contribution in [0.1, 0.15) is 23.7 Å². The summed E-state index contributed by atoms with van der Waals surface area (Å²) in [5.41, 5.74) is 0.636. The van der Waals surface area contributed by atoms with Crippen LogP contribution >= 0.6 is 0 Å². The number of hydrogen-bond donors (Lipinski definition) is 1. The Hall–Kier alpha value is -1.62. The van der Waals surface area contributed by atoms with Gasteiger partial charge in [0.15, 0.2) is 0 Å². The topological polar surface area (TPSA) is 48.5 Å². The van der Waals surface area contributed by atoms with Gasteiger partial charge in [-0.25, -0.2) is 4.98 Å². The van der Waals surface area contributed by atoms with E-state index < -0.39 is 0 Å². The maximum absolute atomic E-state index is 12.4. The van der Waals surface area contributed by atoms with Gasteiger partial charge in [-0.2, -0.15) is 0 Å². The number of carbonyl (C=O) groups excluding carboxylic acids is 1. The van der Waals surface area contributed by atoms with Crippen LogP contribution in [0, 0.1) is 0 Å². The van der Waals surface area contributed by atoms with Crippen molar-refractivity contribution in [1.29, 1.82) is 0 Å². The SMILES string of the molecule is CCCNc1ncccc1C(=O)N(C)CCN(C)C. The molecule has 0 aromatic carbocycles. The van der Waals surface area contributed by atoms with E-state index in [1.807, 2.05) is 27.2 Å². The summed E-state index contributed by atoms with van der Waals surface area (Å²) in [5, 5.41) is 3.19. The van der Waals surface area contributed by atoms with Crippen molar-refractivity contribution in [3.63, 3.8) is 0 Å². The van der Waals surface area contributed by atoms with Gasteiger partial charge in [-0.3, -0.25) is 4.79 Å². The Morgan fingerprint density at radius 3 is 2.68 bits per heavy atom. The molecule has 1 rings (SSSR count). The number of likely N-dealkylation sites (N-methyl/N-ethyl adjacent to an activating group) is 2. The number of carbonyl (C=O) groups is 1. The van der Waals surface area contributed by atoms with E-state index >= 15 is 0 Å². The second kappa shape index (κ2) is 7.74. The summed E-state index contributed by atoms with van der Waals surface area (Å²) < 4.78 is 0. The average Bonchev–Trinajstić information content (AvgIpc) is 2.42. The second-order valence-electron chi connectivity index (χ2n) is 4.86. The Kier molecular flexibility index (Phi) is 6.29. The zero-order valence-corrected chi connectivity index (χ0v) is 12.3. The Morgan fingerprint density at radius 2 is 2.05 bits per heavy atom. The minimum Gasteiger partial charge on any atom is -0.369 e. The molecule has 0 spiro atoms. The van der Waals surface area contributed by atoms with E-state index in [4.69, 9.17) is 0 Å². The van der Waals surface area contributed by atoms with Gasteiger partial charge < -0.3 is 15.1 Å². The highest BCUT2D eigenvalue weighted by molar-refractivity contribution is 5.98. The van der Waals surface area contributed by atoms with Gasteiger partial charge in [0.05, 0.1) is 5.56 Å². The van der Waals surface area contributed by atoms with Gasteiger partial charge in [-0.1, -0.05) is 6.92 Å². The maximum Gasteiger partial charge on any atom is 0.257 e. The van der Waals surface area contributed by atoms with Crippen LogP contribution in [-0.4, -0.2) is 61.5 Å². The molecular weight excluding hydrogens is 240 g/mol. The molecule has 0 aliphatic rings. The van der Waals surface area contributed by atoms with Crippen molar-refractivity contribution < 1.29 is 4.79 Å². The highest BCUT2D eigenvalue weighted by Crippen LogP contribution is 2.13. The van der Waals surface area contributed by atoms with Gasteiger partial charge in [0.25, 0.3) is 5.91 Å². The Morgan fingerprint density at radius 1 is 1.32 bits per heavy atom. The van der Waals surface area contributed by atoms with Crippen LogP contribution in [0.15, 0.2) is 18.3 Å². The zero-order chi connectivity index (χ0) is 14.3. The number of hydrogen-bond acceptors (Lipinski definition) is 4. The van der Waals surface area contributed by atoms with Crippen molar-refractivity contribution in [1.82, 2.24) is 14.8 Å². The van der Waals surface area contributed by atoms with Gasteiger partial charge in [0.2, 0.25) is 0 Å². The Labute approximate surface area is 115 Å². The van der Waals surface area contributed by atoms with Gasteiger partial charge in [0.1, 0.15) is 5.82 Å². The first-order valence-electron chi connectivity index (χ1n) is 6.65. The largest absolute Gasteiger partial charge is 0.369 e. The Balaban J connectivity index is 2.74. The van der Waals surface area contributed by atoms with Crippen LogP contribution in [0.5, 0.6) is 0 Å². The molecule has 0 aliphatic heterocycles. The van der Waals surface area contributed by atoms with E-state index in [1.165, 1.54) is 0 Å². The third-order valence-electron chi connectivity index (χ3n) is 2.81. The monoisotopic (exact) mass is 264 g/mol. The predicted molar refractivity (Wildman–Crippen MR) is 78.5 cm³/mol. The Bertz CT molecular complexity index is 406. The third kappa shape index (κ3) is 4.87. The highest BCUT2D eigenvalue weighted by Gasteiger charge is 2.16. The van der Waals surface area contributed by atoms with E-state index in [0.29, 0.717) is 17.9 Å². The number of nitrogens with zero attached hydrogens (tertiary/aromatic N) is 3. The molecule has 0 fully saturated rings. The van der Waals surface area contributed by atoms with E-state index in [2.05, 4.69) is 22.1 Å². The van der Waals surface area contributed by atoms with E-state index in [9.17, 15) is 4.79 Å². The van der Waals surface area contributed by atoms with Crippen molar-refractivity contribution in [2.45, 2.75) is 13.3 Å². The van der Waals surface area contributed by atoms with E-state index in [0.717, 1.165) is 19.5 Å². The van der Waals surface area contributed by atoms with Gasteiger partial charge in [-0.05, 0) is 32.6 Å². The predicted octanol–water partition coefficient (Wildman–Crippen LogP) is 1.54. The van der Waals surface area contributed by atoms with Crippen LogP contribution in [0.2, 0.25) is 0 Å². The number of nitrogens with one attached hydrogen (secondary N) is 1. The zero-order valence-electron chi connectivity index (χ0n) is 12.3. The minimum atomic E-state index is 0.00792. The number of amides is 1. The number of rotatable bonds is 7.